The molecule has 0 saturated carbocycles. The second-order valence-electron chi connectivity index (χ2n) is 2.68. The van der Waals surface area contributed by atoms with Gasteiger partial charge in [0.15, 0.2) is 0 Å². The summed E-state index contributed by atoms with van der Waals surface area (Å²) in [6.45, 7) is 0.994. The Bertz CT molecular complexity index is 259. The van der Waals surface area contributed by atoms with Crippen LogP contribution in [0.3, 0.4) is 0 Å². The molecule has 0 bridgehead atoms. The molecule has 7 heteroatoms. The number of amides is 1. The third kappa shape index (κ3) is 1.80. The van der Waals surface area contributed by atoms with Crippen LogP contribution in [-0.4, -0.2) is 49.1 Å². The molecule has 2 aliphatic rings. The average molecular weight is 199 g/mol. The number of hydrogen-bond donors (Lipinski definition) is 1. The molecular formula is C6H9N5OS. The van der Waals surface area contributed by atoms with E-state index >= 15 is 0 Å². The fourth-order valence-corrected chi connectivity index (χ4v) is 2.50. The van der Waals surface area contributed by atoms with Crippen LogP contribution in [0.2, 0.25) is 0 Å². The van der Waals surface area contributed by atoms with Crippen LogP contribution < -0.4 is 0 Å². The molecule has 0 aromatic carbocycles. The second kappa shape index (κ2) is 3.73. The number of nitrogens with one attached hydrogen (secondary N) is 1. The number of carbonyl (C=O) groups is 1. The van der Waals surface area contributed by atoms with Gasteiger partial charge in [-0.25, -0.2) is 5.10 Å². The van der Waals surface area contributed by atoms with Gasteiger partial charge in [-0.15, -0.1) is 16.9 Å². The van der Waals surface area contributed by atoms with Crippen molar-refractivity contribution in [2.45, 2.75) is 11.8 Å². The van der Waals surface area contributed by atoms with Gasteiger partial charge in [0, 0.05) is 12.3 Å². The molecule has 1 atom stereocenters. The van der Waals surface area contributed by atoms with Crippen molar-refractivity contribution in [3.05, 3.63) is 6.33 Å². The molecule has 1 amide bonds. The first-order valence-electron chi connectivity index (χ1n) is 3.96. The topological polar surface area (TPSA) is 74.8 Å². The van der Waals surface area contributed by atoms with Crippen LogP contribution >= 0.6 is 11.8 Å². The quantitative estimate of drug-likeness (QED) is 0.570. The third-order valence-corrected chi connectivity index (χ3v) is 3.15. The van der Waals surface area contributed by atoms with Crippen LogP contribution in [-0.2, 0) is 4.79 Å². The van der Waals surface area contributed by atoms with Crippen molar-refractivity contribution in [3.63, 3.8) is 0 Å². The molecule has 3 rings (SSSR count). The number of β-lactam (4-membered cyclic amide) rings is 1. The number of aromatic amines is 1. The maximum atomic E-state index is 10.6. The molecule has 3 heterocycles. The number of tetrazole rings is 1. The van der Waals surface area contributed by atoms with Gasteiger partial charge in [0.25, 0.3) is 0 Å². The van der Waals surface area contributed by atoms with E-state index in [0.717, 1.165) is 18.7 Å². The van der Waals surface area contributed by atoms with E-state index in [1.54, 1.807) is 0 Å². The monoisotopic (exact) mass is 199 g/mol. The Morgan fingerprint density at radius 2 is 2.62 bits per heavy atom. The van der Waals surface area contributed by atoms with Crippen LogP contribution in [0.4, 0.5) is 0 Å². The van der Waals surface area contributed by atoms with Gasteiger partial charge in [-0.3, -0.25) is 4.79 Å². The second-order valence-corrected chi connectivity index (χ2v) is 3.97. The minimum Gasteiger partial charge on any atom is -0.329 e. The van der Waals surface area contributed by atoms with Gasteiger partial charge in [-0.2, -0.15) is 0 Å². The van der Waals surface area contributed by atoms with Crippen LogP contribution in [0.1, 0.15) is 6.42 Å². The zero-order valence-electron chi connectivity index (χ0n) is 6.88. The van der Waals surface area contributed by atoms with Gasteiger partial charge in [-0.05, 0) is 10.4 Å². The summed E-state index contributed by atoms with van der Waals surface area (Å²) in [5, 5.41) is 12.7. The van der Waals surface area contributed by atoms with Crippen molar-refractivity contribution in [3.8, 4) is 0 Å². The number of aromatic nitrogens is 4. The lowest BCUT2D eigenvalue weighted by molar-refractivity contribution is -0.140. The highest BCUT2D eigenvalue weighted by atomic mass is 32.2. The van der Waals surface area contributed by atoms with Gasteiger partial charge in [0.1, 0.15) is 6.33 Å². The van der Waals surface area contributed by atoms with Crippen LogP contribution in [0.15, 0.2) is 6.33 Å². The molecule has 0 spiro atoms. The number of rotatable bonds is 0. The van der Waals surface area contributed by atoms with Crippen molar-refractivity contribution in [2.24, 2.45) is 0 Å². The summed E-state index contributed by atoms with van der Waals surface area (Å²) in [5.41, 5.74) is 0. The molecule has 1 aromatic heterocycles. The van der Waals surface area contributed by atoms with E-state index in [9.17, 15) is 4.79 Å². The molecule has 1 aromatic rings. The van der Waals surface area contributed by atoms with E-state index in [0.29, 0.717) is 11.3 Å². The third-order valence-electron chi connectivity index (χ3n) is 1.93. The predicted molar refractivity (Wildman–Crippen MR) is 46.8 cm³/mol. The Morgan fingerprint density at radius 3 is 3.00 bits per heavy atom. The van der Waals surface area contributed by atoms with Gasteiger partial charge in [0.05, 0.1) is 11.8 Å². The van der Waals surface area contributed by atoms with E-state index in [2.05, 4.69) is 20.6 Å². The number of carbonyl (C=O) groups excluding carboxylic acids is 1. The molecule has 70 valence electrons. The zero-order valence-corrected chi connectivity index (χ0v) is 7.70. The summed E-state index contributed by atoms with van der Waals surface area (Å²) >= 11 is 1.90. The highest BCUT2D eigenvalue weighted by Gasteiger charge is 2.39. The van der Waals surface area contributed by atoms with E-state index in [1.807, 2.05) is 16.7 Å². The Balaban J connectivity index is 0.000000113. The van der Waals surface area contributed by atoms with Crippen LogP contribution in [0.5, 0.6) is 0 Å². The summed E-state index contributed by atoms with van der Waals surface area (Å²) < 4.78 is 0. The number of H-pyrrole nitrogens is 1. The molecule has 2 aliphatic heterocycles. The maximum Gasteiger partial charge on any atom is 0.226 e. The number of fused-ring (bicyclic) bond motifs is 1. The lowest BCUT2D eigenvalue weighted by atomic mass is 10.2. The standard InChI is InChI=1S/C5H7NOS.CH2N4/c7-4-3-5-6(4)1-2-8-5;1-2-4-5-3-1/h5H,1-3H2;1H,(H,2,3,4,5)/t5-;/m1./s1. The minimum atomic E-state index is 0.347. The molecule has 1 N–H and O–H groups in total. The SMILES string of the molecule is O=C1C[C@H]2SCCN12.c1nnn[nH]1. The number of hydrogen-bond acceptors (Lipinski definition) is 5. The first-order valence-corrected chi connectivity index (χ1v) is 5.01. The van der Waals surface area contributed by atoms with Crippen LogP contribution in [0, 0.1) is 0 Å². The summed E-state index contributed by atoms with van der Waals surface area (Å²) in [6, 6.07) is 0. The van der Waals surface area contributed by atoms with Gasteiger partial charge >= 0.3 is 0 Å². The van der Waals surface area contributed by atoms with Crippen molar-refractivity contribution in [1.29, 1.82) is 0 Å². The minimum absolute atomic E-state index is 0.347. The fraction of sp³-hybridized carbons (Fsp3) is 0.667. The molecule has 13 heavy (non-hydrogen) atoms. The van der Waals surface area contributed by atoms with E-state index in [4.69, 9.17) is 0 Å². The first-order chi connectivity index (χ1) is 6.38. The summed E-state index contributed by atoms with van der Waals surface area (Å²) in [5.74, 6) is 1.50. The van der Waals surface area contributed by atoms with E-state index < -0.39 is 0 Å². The normalized spacial score (nSPS) is 24.5. The van der Waals surface area contributed by atoms with Crippen molar-refractivity contribution >= 4 is 17.7 Å². The molecule has 0 unspecified atom stereocenters. The Hall–Kier alpha value is -1.11. The lowest BCUT2D eigenvalue weighted by Crippen LogP contribution is -2.46. The highest BCUT2D eigenvalue weighted by molar-refractivity contribution is 8.00. The van der Waals surface area contributed by atoms with E-state index in [1.165, 1.54) is 6.33 Å². The van der Waals surface area contributed by atoms with Gasteiger partial charge < -0.3 is 4.90 Å². The molecule has 2 fully saturated rings. The van der Waals surface area contributed by atoms with Crippen molar-refractivity contribution in [2.75, 3.05) is 12.3 Å². The maximum absolute atomic E-state index is 10.6. The Kier molecular flexibility index (Phi) is 2.44. The van der Waals surface area contributed by atoms with E-state index in [-0.39, 0.29) is 0 Å². The fourth-order valence-electron chi connectivity index (χ4n) is 1.26. The number of nitrogens with zero attached hydrogens (tertiary/aromatic N) is 4. The molecule has 0 radical (unpaired) electrons. The number of thioether (sulfide) groups is 1. The Morgan fingerprint density at radius 1 is 1.69 bits per heavy atom. The van der Waals surface area contributed by atoms with Crippen LogP contribution in [0.25, 0.3) is 0 Å². The molecular weight excluding hydrogens is 190 g/mol. The Labute approximate surface area is 79.1 Å². The summed E-state index contributed by atoms with van der Waals surface area (Å²) in [7, 11) is 0. The van der Waals surface area contributed by atoms with Gasteiger partial charge in [0.2, 0.25) is 5.91 Å². The lowest BCUT2D eigenvalue weighted by Gasteiger charge is -2.32. The van der Waals surface area contributed by atoms with Crippen molar-refractivity contribution < 1.29 is 4.79 Å². The molecule has 2 saturated heterocycles. The summed E-state index contributed by atoms with van der Waals surface area (Å²) in [6.07, 6.45) is 2.20. The average Bonchev–Trinajstić information content (AvgIpc) is 2.73. The predicted octanol–water partition coefficient (Wildman–Crippen LogP) is -0.509. The zero-order chi connectivity index (χ0) is 9.10. The summed E-state index contributed by atoms with van der Waals surface area (Å²) in [4.78, 5) is 12.6. The smallest absolute Gasteiger partial charge is 0.226 e. The first kappa shape index (κ1) is 8.49. The largest absolute Gasteiger partial charge is 0.329 e. The van der Waals surface area contributed by atoms with Crippen molar-refractivity contribution in [1.82, 2.24) is 25.5 Å². The van der Waals surface area contributed by atoms with Gasteiger partial charge in [-0.1, -0.05) is 0 Å². The highest BCUT2D eigenvalue weighted by Crippen LogP contribution is 2.34. The molecule has 6 nitrogen and oxygen atoms in total. The molecule has 0 aliphatic carbocycles.